The standard InChI is InChI=1S/C28H36N4O2S2/c1-7-11-16-32-26(33)25(27-31(10-4)23-18-21(34-6)13-15-24(23)35-27)36-28(32)29-22-14-12-20(17-19(22)5)30(8-2)9-3/h12-15,17-18H,7-11,16H2,1-6H3/b27-25-,29-28?. The van der Waals surface area contributed by atoms with Crippen LogP contribution in [0.15, 0.2) is 56.2 Å². The number of carbonyl (C=O) groups is 1. The Kier molecular flexibility index (Phi) is 8.57. The molecule has 4 rings (SSSR count). The number of hydrogen-bond acceptors (Lipinski definition) is 7. The average Bonchev–Trinajstić information content (AvgIpc) is 3.40. The van der Waals surface area contributed by atoms with Crippen molar-refractivity contribution in [3.63, 3.8) is 0 Å². The van der Waals surface area contributed by atoms with Gasteiger partial charge in [0, 0.05) is 42.8 Å². The molecule has 0 aromatic heterocycles. The summed E-state index contributed by atoms with van der Waals surface area (Å²) in [6, 6.07) is 12.5. The van der Waals surface area contributed by atoms with Crippen LogP contribution in [0.1, 0.15) is 46.1 Å². The Balaban J connectivity index is 1.72. The van der Waals surface area contributed by atoms with E-state index in [4.69, 9.17) is 9.73 Å². The number of ether oxygens (including phenoxy) is 1. The maximum absolute atomic E-state index is 13.7. The predicted molar refractivity (Wildman–Crippen MR) is 155 cm³/mol. The average molecular weight is 525 g/mol. The molecule has 2 aromatic carbocycles. The summed E-state index contributed by atoms with van der Waals surface area (Å²) in [6.45, 7) is 14.1. The van der Waals surface area contributed by atoms with E-state index in [2.05, 4.69) is 68.7 Å². The van der Waals surface area contributed by atoms with Gasteiger partial charge in [-0.15, -0.1) is 0 Å². The molecule has 0 N–H and O–H groups in total. The van der Waals surface area contributed by atoms with E-state index < -0.39 is 0 Å². The molecule has 2 aromatic rings. The zero-order valence-electron chi connectivity index (χ0n) is 22.1. The number of thioether (sulfide) groups is 2. The van der Waals surface area contributed by atoms with Gasteiger partial charge in [0.25, 0.3) is 5.91 Å². The molecule has 1 fully saturated rings. The first kappa shape index (κ1) is 26.5. The van der Waals surface area contributed by atoms with E-state index in [1.165, 1.54) is 17.4 Å². The fourth-order valence-electron chi connectivity index (χ4n) is 4.46. The van der Waals surface area contributed by atoms with Crippen LogP contribution in [0, 0.1) is 6.92 Å². The molecule has 2 heterocycles. The number of carbonyl (C=O) groups excluding carboxylic acids is 1. The number of fused-ring (bicyclic) bond motifs is 1. The molecule has 0 bridgehead atoms. The van der Waals surface area contributed by atoms with E-state index in [1.807, 2.05) is 17.0 Å². The minimum absolute atomic E-state index is 0.0466. The summed E-state index contributed by atoms with van der Waals surface area (Å²) < 4.78 is 5.45. The number of hydrogen-bond donors (Lipinski definition) is 0. The van der Waals surface area contributed by atoms with Crippen LogP contribution in [0.5, 0.6) is 5.75 Å². The van der Waals surface area contributed by atoms with Crippen LogP contribution in [0.25, 0.3) is 0 Å². The second kappa shape index (κ2) is 11.6. The van der Waals surface area contributed by atoms with Crippen molar-refractivity contribution in [1.82, 2.24) is 4.90 Å². The first-order valence-corrected chi connectivity index (χ1v) is 14.4. The van der Waals surface area contributed by atoms with E-state index in [0.717, 1.165) is 75.2 Å². The van der Waals surface area contributed by atoms with E-state index in [1.54, 1.807) is 18.9 Å². The molecule has 2 aliphatic rings. The number of anilines is 2. The molecular weight excluding hydrogens is 488 g/mol. The molecule has 0 aliphatic carbocycles. The lowest BCUT2D eigenvalue weighted by Crippen LogP contribution is -2.30. The molecule has 0 saturated carbocycles. The molecule has 0 spiro atoms. The number of amidine groups is 1. The van der Waals surface area contributed by atoms with Crippen molar-refractivity contribution in [3.8, 4) is 5.75 Å². The SMILES string of the molecule is CCCCN1C(=O)/C(=C2/Sc3ccc(OC)cc3N2CC)SC1=Nc1ccc(N(CC)CC)cc1C. The fraction of sp³-hybridized carbons (Fsp3) is 0.429. The van der Waals surface area contributed by atoms with Crippen LogP contribution < -0.4 is 14.5 Å². The first-order chi connectivity index (χ1) is 17.4. The minimum atomic E-state index is 0.0466. The van der Waals surface area contributed by atoms with Gasteiger partial charge in [-0.3, -0.25) is 9.69 Å². The van der Waals surface area contributed by atoms with Crippen molar-refractivity contribution in [1.29, 1.82) is 0 Å². The van der Waals surface area contributed by atoms with Crippen molar-refractivity contribution in [2.75, 3.05) is 43.1 Å². The molecule has 6 nitrogen and oxygen atoms in total. The number of nitrogens with zero attached hydrogens (tertiary/aromatic N) is 4. The quantitative estimate of drug-likeness (QED) is 0.329. The summed E-state index contributed by atoms with van der Waals surface area (Å²) in [5, 5.41) is 1.75. The summed E-state index contributed by atoms with van der Waals surface area (Å²) >= 11 is 3.16. The summed E-state index contributed by atoms with van der Waals surface area (Å²) in [7, 11) is 1.68. The lowest BCUT2D eigenvalue weighted by atomic mass is 10.1. The molecule has 1 amide bonds. The normalized spacial score (nSPS) is 18.4. The molecule has 192 valence electrons. The smallest absolute Gasteiger partial charge is 0.269 e. The van der Waals surface area contributed by atoms with Gasteiger partial charge in [-0.1, -0.05) is 25.1 Å². The molecule has 1 saturated heterocycles. The van der Waals surface area contributed by atoms with Crippen LogP contribution in [0.3, 0.4) is 0 Å². The molecule has 0 radical (unpaired) electrons. The van der Waals surface area contributed by atoms with Gasteiger partial charge in [0.05, 0.1) is 18.5 Å². The molecular formula is C28H36N4O2S2. The molecule has 0 unspecified atom stereocenters. The lowest BCUT2D eigenvalue weighted by molar-refractivity contribution is -0.122. The van der Waals surface area contributed by atoms with Gasteiger partial charge in [0.1, 0.15) is 15.7 Å². The molecule has 36 heavy (non-hydrogen) atoms. The Morgan fingerprint density at radius 2 is 1.78 bits per heavy atom. The summed E-state index contributed by atoms with van der Waals surface area (Å²) in [6.07, 6.45) is 1.96. The number of methoxy groups -OCH3 is 1. The van der Waals surface area contributed by atoms with E-state index in [0.29, 0.717) is 6.54 Å². The largest absolute Gasteiger partial charge is 0.497 e. The van der Waals surface area contributed by atoms with Gasteiger partial charge < -0.3 is 14.5 Å². The van der Waals surface area contributed by atoms with Crippen LogP contribution in [0.4, 0.5) is 17.1 Å². The third-order valence-corrected chi connectivity index (χ3v) is 8.92. The number of unbranched alkanes of at least 4 members (excludes halogenated alkanes) is 1. The highest BCUT2D eigenvalue weighted by atomic mass is 32.2. The number of benzene rings is 2. The predicted octanol–water partition coefficient (Wildman–Crippen LogP) is 7.01. The Bertz CT molecular complexity index is 1190. The van der Waals surface area contributed by atoms with Gasteiger partial charge in [-0.25, -0.2) is 4.99 Å². The monoisotopic (exact) mass is 524 g/mol. The van der Waals surface area contributed by atoms with Crippen LogP contribution in [-0.4, -0.2) is 49.3 Å². The maximum Gasteiger partial charge on any atom is 0.269 e. The Labute approximate surface area is 223 Å². The zero-order chi connectivity index (χ0) is 25.8. The third-order valence-electron chi connectivity index (χ3n) is 6.54. The van der Waals surface area contributed by atoms with Crippen molar-refractivity contribution in [3.05, 3.63) is 51.9 Å². The summed E-state index contributed by atoms with van der Waals surface area (Å²) in [4.78, 5) is 27.1. The van der Waals surface area contributed by atoms with Gasteiger partial charge in [0.2, 0.25) is 0 Å². The van der Waals surface area contributed by atoms with Gasteiger partial charge >= 0.3 is 0 Å². The number of rotatable bonds is 9. The first-order valence-electron chi connectivity index (χ1n) is 12.8. The third kappa shape index (κ3) is 5.11. The second-order valence-electron chi connectivity index (χ2n) is 8.76. The van der Waals surface area contributed by atoms with Crippen LogP contribution in [-0.2, 0) is 4.79 Å². The summed E-state index contributed by atoms with van der Waals surface area (Å²) in [5.41, 5.74) is 4.32. The minimum Gasteiger partial charge on any atom is -0.497 e. The maximum atomic E-state index is 13.7. The highest BCUT2D eigenvalue weighted by molar-refractivity contribution is 8.19. The van der Waals surface area contributed by atoms with Crippen molar-refractivity contribution >= 4 is 51.7 Å². The number of aryl methyl sites for hydroxylation is 1. The molecule has 8 heteroatoms. The topological polar surface area (TPSA) is 48.4 Å². The van der Waals surface area contributed by atoms with Gasteiger partial charge in [0.15, 0.2) is 5.17 Å². The Hall–Kier alpha value is -2.58. The molecule has 2 aliphatic heterocycles. The fourth-order valence-corrected chi connectivity index (χ4v) is 6.85. The zero-order valence-corrected chi connectivity index (χ0v) is 23.8. The van der Waals surface area contributed by atoms with Crippen LogP contribution in [0.2, 0.25) is 0 Å². The van der Waals surface area contributed by atoms with E-state index in [9.17, 15) is 4.79 Å². The molecule has 0 atom stereocenters. The number of aliphatic imine (C=N–C) groups is 1. The highest BCUT2D eigenvalue weighted by Gasteiger charge is 2.39. The highest BCUT2D eigenvalue weighted by Crippen LogP contribution is 2.51. The van der Waals surface area contributed by atoms with Gasteiger partial charge in [-0.2, -0.15) is 0 Å². The number of amides is 1. The van der Waals surface area contributed by atoms with Crippen molar-refractivity contribution in [2.24, 2.45) is 4.99 Å². The van der Waals surface area contributed by atoms with Crippen molar-refractivity contribution < 1.29 is 9.53 Å². The van der Waals surface area contributed by atoms with Crippen LogP contribution >= 0.6 is 23.5 Å². The summed E-state index contributed by atoms with van der Waals surface area (Å²) in [5.74, 6) is 0.866. The van der Waals surface area contributed by atoms with E-state index >= 15 is 0 Å². The van der Waals surface area contributed by atoms with Gasteiger partial charge in [-0.05, 0) is 81.8 Å². The van der Waals surface area contributed by atoms with E-state index in [-0.39, 0.29) is 5.91 Å². The Morgan fingerprint density at radius 1 is 1.00 bits per heavy atom. The van der Waals surface area contributed by atoms with Crippen molar-refractivity contribution in [2.45, 2.75) is 52.4 Å². The second-order valence-corrected chi connectivity index (χ2v) is 10.8. The lowest BCUT2D eigenvalue weighted by Gasteiger charge is -2.22. The Morgan fingerprint density at radius 3 is 2.42 bits per heavy atom.